The maximum Gasteiger partial charge on any atom is 0.216 e. The fourth-order valence-electron chi connectivity index (χ4n) is 1.84. The summed E-state index contributed by atoms with van der Waals surface area (Å²) >= 11 is 6.74. The largest absolute Gasteiger partial charge is 0.250 e. The third-order valence-corrected chi connectivity index (χ3v) is 4.18. The summed E-state index contributed by atoms with van der Waals surface area (Å²) in [4.78, 5) is 1.03. The predicted molar refractivity (Wildman–Crippen MR) is 84.9 cm³/mol. The number of nitrogens with zero attached hydrogens (tertiary/aromatic N) is 3. The van der Waals surface area contributed by atoms with Crippen LogP contribution in [-0.4, -0.2) is 21.1 Å². The molecule has 0 saturated carbocycles. The number of hydrogen-bond acceptors (Lipinski definition) is 4. The highest BCUT2D eigenvalue weighted by molar-refractivity contribution is 7.71. The molecule has 0 aliphatic heterocycles. The van der Waals surface area contributed by atoms with Crippen molar-refractivity contribution in [1.82, 2.24) is 14.9 Å². The fourth-order valence-corrected chi connectivity index (χ4v) is 2.80. The van der Waals surface area contributed by atoms with Gasteiger partial charge >= 0.3 is 0 Å². The molecule has 0 spiro atoms. The van der Waals surface area contributed by atoms with Gasteiger partial charge in [-0.3, -0.25) is 0 Å². The monoisotopic (exact) mass is 318 g/mol. The second kappa shape index (κ2) is 5.71. The van der Waals surface area contributed by atoms with Gasteiger partial charge in [0.2, 0.25) is 4.77 Å². The van der Waals surface area contributed by atoms with Crippen LogP contribution in [0.2, 0.25) is 0 Å². The summed E-state index contributed by atoms with van der Waals surface area (Å²) in [6, 6.07) is 8.40. The lowest BCUT2D eigenvalue weighted by molar-refractivity contribution is 0.628. The molecular weight excluding hydrogens is 307 g/mol. The topological polar surface area (TPSA) is 46.0 Å². The van der Waals surface area contributed by atoms with Crippen LogP contribution in [0, 0.1) is 17.5 Å². The Bertz CT molecular complexity index is 860. The number of nitrogens with one attached hydrogen (secondary N) is 1. The maximum absolute atomic E-state index is 13.9. The number of hydrogen-bond donors (Lipinski definition) is 1. The first-order valence-electron chi connectivity index (χ1n) is 6.17. The Kier molecular flexibility index (Phi) is 3.76. The number of halogens is 1. The van der Waals surface area contributed by atoms with Crippen LogP contribution < -0.4 is 0 Å². The Morgan fingerprint density at radius 2 is 2.19 bits per heavy atom. The molecule has 0 bridgehead atoms. The Morgan fingerprint density at radius 3 is 2.90 bits per heavy atom. The zero-order chi connectivity index (χ0) is 14.8. The van der Waals surface area contributed by atoms with Crippen molar-refractivity contribution in [2.24, 2.45) is 5.10 Å². The van der Waals surface area contributed by atoms with Gasteiger partial charge in [-0.1, -0.05) is 12.1 Å². The van der Waals surface area contributed by atoms with Crippen molar-refractivity contribution in [3.63, 3.8) is 0 Å². The van der Waals surface area contributed by atoms with E-state index in [1.807, 2.05) is 18.4 Å². The van der Waals surface area contributed by atoms with Gasteiger partial charge in [0, 0.05) is 0 Å². The standard InChI is InChI=1S/C14H11FN4S2/c1-9-6-7-21-12(9)8-16-19-13(17-18-14(19)20)10-4-2-3-5-11(10)15/h2-8H,1H3,(H,18,20)/b16-8-. The first-order chi connectivity index (χ1) is 10.2. The first kappa shape index (κ1) is 13.8. The second-order valence-corrected chi connectivity index (χ2v) is 5.69. The van der Waals surface area contributed by atoms with Crippen LogP contribution in [0.1, 0.15) is 10.4 Å². The molecule has 0 aliphatic carbocycles. The molecule has 1 N–H and O–H groups in total. The van der Waals surface area contributed by atoms with Crippen LogP contribution in [0.25, 0.3) is 11.4 Å². The normalized spacial score (nSPS) is 11.3. The summed E-state index contributed by atoms with van der Waals surface area (Å²) < 4.78 is 15.6. The van der Waals surface area contributed by atoms with Gasteiger partial charge in [-0.25, -0.2) is 9.49 Å². The molecular formula is C14H11FN4S2. The molecule has 106 valence electrons. The summed E-state index contributed by atoms with van der Waals surface area (Å²) in [6.45, 7) is 2.00. The minimum atomic E-state index is -0.366. The number of benzene rings is 1. The van der Waals surface area contributed by atoms with Gasteiger partial charge in [-0.2, -0.15) is 14.9 Å². The number of rotatable bonds is 3. The number of aromatic nitrogens is 3. The molecule has 0 atom stereocenters. The van der Waals surface area contributed by atoms with E-state index in [-0.39, 0.29) is 5.82 Å². The Labute approximate surface area is 129 Å². The maximum atomic E-state index is 13.9. The number of aryl methyl sites for hydroxylation is 1. The highest BCUT2D eigenvalue weighted by atomic mass is 32.1. The van der Waals surface area contributed by atoms with Crippen LogP contribution in [0.15, 0.2) is 40.8 Å². The minimum absolute atomic E-state index is 0.318. The van der Waals surface area contributed by atoms with Gasteiger partial charge in [0.25, 0.3) is 0 Å². The Morgan fingerprint density at radius 1 is 1.38 bits per heavy atom. The van der Waals surface area contributed by atoms with Gasteiger partial charge in [0.1, 0.15) is 5.82 Å². The van der Waals surface area contributed by atoms with E-state index in [4.69, 9.17) is 12.2 Å². The van der Waals surface area contributed by atoms with Gasteiger partial charge in [-0.15, -0.1) is 11.3 Å². The zero-order valence-electron chi connectivity index (χ0n) is 11.1. The number of aromatic amines is 1. The van der Waals surface area contributed by atoms with Gasteiger partial charge in [-0.05, 0) is 48.3 Å². The summed E-state index contributed by atoms with van der Waals surface area (Å²) in [6.07, 6.45) is 1.70. The summed E-state index contributed by atoms with van der Waals surface area (Å²) in [5.74, 6) is -0.0150. The van der Waals surface area contributed by atoms with Crippen LogP contribution in [0.3, 0.4) is 0 Å². The van der Waals surface area contributed by atoms with Crippen LogP contribution >= 0.6 is 23.6 Å². The summed E-state index contributed by atoms with van der Waals surface area (Å²) in [5.41, 5.74) is 1.48. The Balaban J connectivity index is 2.07. The molecule has 0 aliphatic rings. The molecule has 21 heavy (non-hydrogen) atoms. The average Bonchev–Trinajstić information content (AvgIpc) is 3.04. The number of H-pyrrole nitrogens is 1. The van der Waals surface area contributed by atoms with E-state index in [1.54, 1.807) is 35.8 Å². The average molecular weight is 318 g/mol. The molecule has 7 heteroatoms. The van der Waals surface area contributed by atoms with E-state index >= 15 is 0 Å². The van der Waals surface area contributed by atoms with Crippen molar-refractivity contribution >= 4 is 29.8 Å². The molecule has 0 saturated heterocycles. The van der Waals surface area contributed by atoms with Crippen molar-refractivity contribution in [3.05, 3.63) is 56.7 Å². The van der Waals surface area contributed by atoms with Crippen LogP contribution in [-0.2, 0) is 0 Å². The molecule has 0 fully saturated rings. The highest BCUT2D eigenvalue weighted by Gasteiger charge is 2.12. The smallest absolute Gasteiger partial charge is 0.216 e. The van der Waals surface area contributed by atoms with Crippen LogP contribution in [0.4, 0.5) is 4.39 Å². The second-order valence-electron chi connectivity index (χ2n) is 4.36. The molecule has 1 aromatic carbocycles. The molecule has 0 radical (unpaired) electrons. The molecule has 0 unspecified atom stereocenters. The van der Waals surface area contributed by atoms with Gasteiger partial charge in [0.15, 0.2) is 5.82 Å². The minimum Gasteiger partial charge on any atom is -0.250 e. The predicted octanol–water partition coefficient (Wildman–Crippen LogP) is 4.00. The fraction of sp³-hybridized carbons (Fsp3) is 0.0714. The van der Waals surface area contributed by atoms with E-state index in [2.05, 4.69) is 15.3 Å². The lowest BCUT2D eigenvalue weighted by Gasteiger charge is -2.01. The van der Waals surface area contributed by atoms with E-state index < -0.39 is 0 Å². The van der Waals surface area contributed by atoms with Gasteiger partial charge < -0.3 is 0 Å². The molecule has 4 nitrogen and oxygen atoms in total. The third-order valence-electron chi connectivity index (χ3n) is 2.96. The molecule has 3 rings (SSSR count). The first-order valence-corrected chi connectivity index (χ1v) is 7.46. The van der Waals surface area contributed by atoms with E-state index in [0.717, 1.165) is 10.4 Å². The Hall–Kier alpha value is -2.12. The van der Waals surface area contributed by atoms with E-state index in [0.29, 0.717) is 16.2 Å². The van der Waals surface area contributed by atoms with Crippen molar-refractivity contribution < 1.29 is 4.39 Å². The molecule has 3 aromatic rings. The van der Waals surface area contributed by atoms with E-state index in [9.17, 15) is 4.39 Å². The summed E-state index contributed by atoms with van der Waals surface area (Å²) in [5, 5.41) is 13.0. The highest BCUT2D eigenvalue weighted by Crippen LogP contribution is 2.21. The van der Waals surface area contributed by atoms with Crippen molar-refractivity contribution in [1.29, 1.82) is 0 Å². The van der Waals surface area contributed by atoms with Crippen molar-refractivity contribution in [2.45, 2.75) is 6.92 Å². The lowest BCUT2D eigenvalue weighted by atomic mass is 10.2. The summed E-state index contributed by atoms with van der Waals surface area (Å²) in [7, 11) is 0. The third kappa shape index (κ3) is 2.70. The van der Waals surface area contributed by atoms with Crippen LogP contribution in [0.5, 0.6) is 0 Å². The van der Waals surface area contributed by atoms with Gasteiger partial charge in [0.05, 0.1) is 16.7 Å². The van der Waals surface area contributed by atoms with Crippen molar-refractivity contribution in [3.8, 4) is 11.4 Å². The number of thiophene rings is 1. The quantitative estimate of drug-likeness (QED) is 0.586. The van der Waals surface area contributed by atoms with Crippen molar-refractivity contribution in [2.75, 3.05) is 0 Å². The molecule has 0 amide bonds. The lowest BCUT2D eigenvalue weighted by Crippen LogP contribution is -1.96. The molecule has 2 aromatic heterocycles. The molecule has 2 heterocycles. The SMILES string of the molecule is Cc1ccsc1/C=N\n1c(-c2ccccc2F)n[nH]c1=S. The van der Waals surface area contributed by atoms with E-state index in [1.165, 1.54) is 10.7 Å². The zero-order valence-corrected chi connectivity index (χ0v) is 12.7.